The molecule has 10 fully saturated rings. The Kier molecular flexibility index (Phi) is 0.0832. The van der Waals surface area contributed by atoms with E-state index < -0.39 is 6.51 Å². The van der Waals surface area contributed by atoms with Crippen LogP contribution in [0.15, 0.2) is 0 Å². The SMILES string of the molecule is CN[C]12[CH]3[CH]4[CH]5[CH]1[Fe]45321678[CH]2[CH]1[CH]6[CH]7[CH]28. The van der Waals surface area contributed by atoms with Gasteiger partial charge in [0.15, 0.2) is 0 Å². The molecule has 0 aromatic carbocycles. The van der Waals surface area contributed by atoms with Crippen molar-refractivity contribution in [2.24, 2.45) is 0 Å². The fourth-order valence-electron chi connectivity index (χ4n) is 16.9. The number of rotatable bonds is 1. The summed E-state index contributed by atoms with van der Waals surface area (Å²) in [4.78, 5) is 13.4. The van der Waals surface area contributed by atoms with Gasteiger partial charge in [-0.2, -0.15) is 0 Å². The average Bonchev–Trinajstić information content (AvgIpc) is 3.12. The van der Waals surface area contributed by atoms with Crippen molar-refractivity contribution in [2.75, 3.05) is 7.05 Å². The van der Waals surface area contributed by atoms with Crippen LogP contribution in [-0.4, -0.2) is 11.5 Å². The van der Waals surface area contributed by atoms with E-state index in [-0.39, 0.29) is 0 Å². The first-order valence-electron chi connectivity index (χ1n) is 6.01. The molecule has 0 aromatic rings. The summed E-state index contributed by atoms with van der Waals surface area (Å²) in [6.07, 6.45) is 0. The van der Waals surface area contributed by atoms with E-state index in [0.29, 0.717) is 0 Å². The van der Waals surface area contributed by atoms with Crippen LogP contribution in [0.1, 0.15) is 0 Å². The van der Waals surface area contributed by atoms with Crippen LogP contribution in [-0.2, 0) is 6.51 Å². The van der Waals surface area contributed by atoms with Gasteiger partial charge in [-0.25, -0.2) is 0 Å². The first-order chi connectivity index (χ1) is 6.11. The summed E-state index contributed by atoms with van der Waals surface area (Å²) in [5.41, 5.74) is 0. The summed E-state index contributed by atoms with van der Waals surface area (Å²) < 4.78 is 0.985. The van der Waals surface area contributed by atoms with Gasteiger partial charge in [-0.15, -0.1) is 0 Å². The molecule has 0 amide bonds. The first kappa shape index (κ1) is 4.15. The number of fused-ring (bicyclic) bond motifs is 10. The second kappa shape index (κ2) is 0.260. The van der Waals surface area contributed by atoms with Crippen molar-refractivity contribution in [3.63, 3.8) is 0 Å². The van der Waals surface area contributed by atoms with Crippen LogP contribution in [0.4, 0.5) is 0 Å². The molecule has 0 saturated carbocycles. The molecule has 10 saturated heterocycles. The van der Waals surface area contributed by atoms with E-state index in [4.69, 9.17) is 0 Å². The van der Waals surface area contributed by atoms with Crippen LogP contribution in [0.25, 0.3) is 0 Å². The van der Waals surface area contributed by atoms with Crippen LogP contribution in [0.2, 0.25) is 43.3 Å². The van der Waals surface area contributed by atoms with Gasteiger partial charge in [0.2, 0.25) is 0 Å². The molecule has 0 aromatic heterocycles. The van der Waals surface area contributed by atoms with E-state index in [1.54, 1.807) is 0 Å². The average molecular weight is 215 g/mol. The Balaban J connectivity index is 2.08. The molecule has 1 spiro atoms. The third-order valence-electron chi connectivity index (χ3n) is 15.1. The Morgan fingerprint density at radius 2 is 1.31 bits per heavy atom. The van der Waals surface area contributed by atoms with E-state index in [1.165, 1.54) is 43.3 Å². The molecular weight excluding hydrogens is 202 g/mol. The molecule has 10 aliphatic heterocycles. The van der Waals surface area contributed by atoms with E-state index in [9.17, 15) is 0 Å². The molecule has 70 valence electrons. The Bertz CT molecular complexity index is 770. The predicted molar refractivity (Wildman–Crippen MR) is 45.5 cm³/mol. The van der Waals surface area contributed by atoms with Crippen LogP contribution in [0.5, 0.6) is 0 Å². The van der Waals surface area contributed by atoms with E-state index in [2.05, 4.69) is 12.4 Å². The van der Waals surface area contributed by atoms with E-state index in [1.807, 2.05) is 0 Å². The molecule has 1 N–H and O–H groups in total. The number of nitrogens with one attached hydrogen (secondary N) is 1. The third kappa shape index (κ3) is 0.0292. The molecule has 0 bridgehead atoms. The van der Waals surface area contributed by atoms with Gasteiger partial charge >= 0.3 is 66.7 Å². The summed E-state index contributed by atoms with van der Waals surface area (Å²) in [6, 6.07) is 0. The van der Waals surface area contributed by atoms with Crippen LogP contribution in [0.3, 0.4) is 0 Å². The standard InChI is InChI=1S/C6H8N.C5H5.Fe/c1-7-6-4-2-3-5-6;1-2-4-5-3-1;/h2-5,7H,1H3;1-5H;. The van der Waals surface area contributed by atoms with Gasteiger partial charge in [0.05, 0.1) is 0 Å². The molecule has 4 atom stereocenters. The topological polar surface area (TPSA) is 12.0 Å². The molecule has 10 aliphatic rings. The minimum absolute atomic E-state index is 0.985. The van der Waals surface area contributed by atoms with Crippen LogP contribution in [0, 0.1) is 0 Å². The van der Waals surface area contributed by atoms with E-state index in [0.717, 1.165) is 4.44 Å². The molecule has 13 heavy (non-hydrogen) atoms. The van der Waals surface area contributed by atoms with Crippen LogP contribution < -0.4 is 5.32 Å². The summed E-state index contributed by atoms with van der Waals surface area (Å²) >= 11 is 0. The zero-order chi connectivity index (χ0) is 7.72. The molecule has 4 unspecified atom stereocenters. The fraction of sp³-hybridized carbons (Fsp3) is 1.00. The molecular formula is C11H13FeN. The van der Waals surface area contributed by atoms with Crippen molar-refractivity contribution in [3.8, 4) is 0 Å². The summed E-state index contributed by atoms with van der Waals surface area (Å²) in [5.74, 6) is 0. The van der Waals surface area contributed by atoms with Gasteiger partial charge in [-0.3, -0.25) is 0 Å². The zero-order valence-corrected chi connectivity index (χ0v) is 8.65. The minimum atomic E-state index is -2.61. The van der Waals surface area contributed by atoms with Gasteiger partial charge in [-0.05, 0) is 0 Å². The monoisotopic (exact) mass is 215 g/mol. The summed E-state index contributed by atoms with van der Waals surface area (Å²) in [6.45, 7) is -2.61. The van der Waals surface area contributed by atoms with Crippen molar-refractivity contribution in [2.45, 2.75) is 47.8 Å². The van der Waals surface area contributed by atoms with Crippen molar-refractivity contribution in [3.05, 3.63) is 0 Å². The second-order valence-corrected chi connectivity index (χ2v) is 33.5. The molecule has 0 aliphatic carbocycles. The quantitative estimate of drug-likeness (QED) is 0.662. The van der Waals surface area contributed by atoms with Gasteiger partial charge in [0.1, 0.15) is 0 Å². The maximum absolute atomic E-state index is 3.95. The van der Waals surface area contributed by atoms with E-state index >= 15 is 0 Å². The van der Waals surface area contributed by atoms with Crippen molar-refractivity contribution < 1.29 is 6.51 Å². The predicted octanol–water partition coefficient (Wildman–Crippen LogP) is 2.50. The number of hydrogen-bond donors (Lipinski definition) is 1. The Morgan fingerprint density at radius 3 is 1.38 bits per heavy atom. The molecule has 10 heterocycles. The zero-order valence-electron chi connectivity index (χ0n) is 7.55. The number of hydrogen-bond acceptors (Lipinski definition) is 1. The Labute approximate surface area is 66.9 Å². The Hall–Kier alpha value is 0.479. The van der Waals surface area contributed by atoms with Crippen LogP contribution >= 0.6 is 0 Å². The van der Waals surface area contributed by atoms with Crippen molar-refractivity contribution in [1.29, 1.82) is 0 Å². The molecule has 10 rings (SSSR count). The van der Waals surface area contributed by atoms with Crippen molar-refractivity contribution in [1.82, 2.24) is 5.32 Å². The first-order valence-corrected chi connectivity index (χ1v) is 12.3. The maximum atomic E-state index is 3.95. The normalized spacial score (nSPS) is 152. The fourth-order valence-corrected chi connectivity index (χ4v) is 90.7. The van der Waals surface area contributed by atoms with Gasteiger partial charge < -0.3 is 0 Å². The molecule has 0 radical (unpaired) electrons. The van der Waals surface area contributed by atoms with Crippen molar-refractivity contribution >= 4 is 0 Å². The van der Waals surface area contributed by atoms with Gasteiger partial charge in [-0.1, -0.05) is 0 Å². The Morgan fingerprint density at radius 1 is 0.846 bits per heavy atom. The van der Waals surface area contributed by atoms with Gasteiger partial charge in [0.25, 0.3) is 0 Å². The van der Waals surface area contributed by atoms with Gasteiger partial charge in [0, 0.05) is 0 Å². The second-order valence-electron chi connectivity index (χ2n) is 9.93. The summed E-state index contributed by atoms with van der Waals surface area (Å²) in [7, 11) is 2.33. The molecule has 2 heteroatoms. The third-order valence-corrected chi connectivity index (χ3v) is 57.4. The molecule has 1 nitrogen and oxygen atoms in total. The summed E-state index contributed by atoms with van der Waals surface area (Å²) in [5, 5.41) is 3.95.